The van der Waals surface area contributed by atoms with Crippen LogP contribution in [0.4, 0.5) is 0 Å². The monoisotopic (exact) mass is 225 g/mol. The molecule has 1 aliphatic heterocycles. The van der Waals surface area contributed by atoms with Crippen LogP contribution in [0.25, 0.3) is 0 Å². The Morgan fingerprint density at radius 2 is 1.56 bits per heavy atom. The van der Waals surface area contributed by atoms with Crippen molar-refractivity contribution in [2.24, 2.45) is 11.7 Å². The normalized spacial score (nSPS) is 26.1. The highest BCUT2D eigenvalue weighted by molar-refractivity contribution is 4.75. The van der Waals surface area contributed by atoms with Gasteiger partial charge in [0.15, 0.2) is 0 Å². The lowest BCUT2D eigenvalue weighted by Gasteiger charge is -2.24. The summed E-state index contributed by atoms with van der Waals surface area (Å²) in [5.74, 6) is 1.00. The van der Waals surface area contributed by atoms with Crippen LogP contribution in [0.5, 0.6) is 0 Å². The molecule has 0 amide bonds. The largest absolute Gasteiger partial charge is 0.329 e. The zero-order chi connectivity index (χ0) is 11.2. The van der Waals surface area contributed by atoms with Crippen molar-refractivity contribution in [3.05, 3.63) is 0 Å². The quantitative estimate of drug-likeness (QED) is 0.779. The molecule has 0 aromatic heterocycles. The Morgan fingerprint density at radius 3 is 2.31 bits per heavy atom. The van der Waals surface area contributed by atoms with Crippen molar-refractivity contribution < 1.29 is 0 Å². The van der Waals surface area contributed by atoms with E-state index in [9.17, 15) is 0 Å². The SMILES string of the molecule is NCCN1CCCN(CC2CCCC2)CC1. The molecule has 0 aromatic rings. The fourth-order valence-electron chi connectivity index (χ4n) is 3.17. The first-order chi connectivity index (χ1) is 7.88. The molecule has 2 N–H and O–H groups in total. The molecule has 2 fully saturated rings. The molecule has 0 radical (unpaired) electrons. The molecule has 2 rings (SSSR count). The third kappa shape index (κ3) is 3.72. The predicted molar refractivity (Wildman–Crippen MR) is 68.5 cm³/mol. The topological polar surface area (TPSA) is 32.5 Å². The van der Waals surface area contributed by atoms with E-state index in [4.69, 9.17) is 5.73 Å². The van der Waals surface area contributed by atoms with Gasteiger partial charge in [-0.1, -0.05) is 12.8 Å². The summed E-state index contributed by atoms with van der Waals surface area (Å²) in [5, 5.41) is 0. The van der Waals surface area contributed by atoms with E-state index in [-0.39, 0.29) is 0 Å². The van der Waals surface area contributed by atoms with Gasteiger partial charge in [-0.2, -0.15) is 0 Å². The Morgan fingerprint density at radius 1 is 0.875 bits per heavy atom. The van der Waals surface area contributed by atoms with Gasteiger partial charge >= 0.3 is 0 Å². The number of hydrogen-bond donors (Lipinski definition) is 1. The van der Waals surface area contributed by atoms with Crippen molar-refractivity contribution in [3.8, 4) is 0 Å². The molecular formula is C13H27N3. The highest BCUT2D eigenvalue weighted by Crippen LogP contribution is 2.25. The lowest BCUT2D eigenvalue weighted by Crippen LogP contribution is -2.35. The minimum atomic E-state index is 0.808. The number of rotatable bonds is 4. The Kier molecular flexibility index (Phi) is 5.07. The van der Waals surface area contributed by atoms with E-state index in [2.05, 4.69) is 9.80 Å². The molecule has 0 spiro atoms. The summed E-state index contributed by atoms with van der Waals surface area (Å²) in [6.45, 7) is 8.28. The third-order valence-electron chi connectivity index (χ3n) is 4.12. The Labute approximate surface area is 100.0 Å². The van der Waals surface area contributed by atoms with Gasteiger partial charge in [0.2, 0.25) is 0 Å². The fraction of sp³-hybridized carbons (Fsp3) is 1.00. The zero-order valence-electron chi connectivity index (χ0n) is 10.5. The summed E-state index contributed by atoms with van der Waals surface area (Å²) in [4.78, 5) is 5.21. The second kappa shape index (κ2) is 6.58. The van der Waals surface area contributed by atoms with E-state index < -0.39 is 0 Å². The second-order valence-corrected chi connectivity index (χ2v) is 5.43. The van der Waals surface area contributed by atoms with Crippen LogP contribution in [0.2, 0.25) is 0 Å². The van der Waals surface area contributed by atoms with Gasteiger partial charge in [0, 0.05) is 32.7 Å². The molecule has 0 unspecified atom stereocenters. The predicted octanol–water partition coefficient (Wildman–Crippen LogP) is 1.14. The van der Waals surface area contributed by atoms with E-state index in [1.807, 2.05) is 0 Å². The van der Waals surface area contributed by atoms with Gasteiger partial charge in [-0.05, 0) is 38.3 Å². The lowest BCUT2D eigenvalue weighted by molar-refractivity contribution is 0.230. The maximum absolute atomic E-state index is 5.62. The van der Waals surface area contributed by atoms with Crippen LogP contribution in [-0.4, -0.2) is 55.6 Å². The molecule has 3 heteroatoms. The molecule has 1 aliphatic carbocycles. The first-order valence-electron chi connectivity index (χ1n) is 7.03. The number of nitrogens with zero attached hydrogens (tertiary/aromatic N) is 2. The van der Waals surface area contributed by atoms with Gasteiger partial charge in [0.1, 0.15) is 0 Å². The van der Waals surface area contributed by atoms with Gasteiger partial charge < -0.3 is 15.5 Å². The number of hydrogen-bond acceptors (Lipinski definition) is 3. The second-order valence-electron chi connectivity index (χ2n) is 5.43. The van der Waals surface area contributed by atoms with E-state index in [1.54, 1.807) is 0 Å². The average Bonchev–Trinajstić information content (AvgIpc) is 2.68. The van der Waals surface area contributed by atoms with Crippen LogP contribution in [0.1, 0.15) is 32.1 Å². The molecule has 0 atom stereocenters. The third-order valence-corrected chi connectivity index (χ3v) is 4.12. The minimum Gasteiger partial charge on any atom is -0.329 e. The van der Waals surface area contributed by atoms with Gasteiger partial charge in [-0.15, -0.1) is 0 Å². The summed E-state index contributed by atoms with van der Waals surface area (Å²) in [6, 6.07) is 0. The summed E-state index contributed by atoms with van der Waals surface area (Å²) in [7, 11) is 0. The van der Waals surface area contributed by atoms with Crippen LogP contribution in [-0.2, 0) is 0 Å². The highest BCUT2D eigenvalue weighted by Gasteiger charge is 2.20. The lowest BCUT2D eigenvalue weighted by atomic mass is 10.1. The Bertz CT molecular complexity index is 190. The summed E-state index contributed by atoms with van der Waals surface area (Å²) in [5.41, 5.74) is 5.62. The van der Waals surface area contributed by atoms with E-state index >= 15 is 0 Å². The van der Waals surface area contributed by atoms with Crippen LogP contribution in [0.15, 0.2) is 0 Å². The van der Waals surface area contributed by atoms with E-state index in [0.29, 0.717) is 0 Å². The summed E-state index contributed by atoms with van der Waals surface area (Å²) >= 11 is 0. The molecule has 3 nitrogen and oxygen atoms in total. The van der Waals surface area contributed by atoms with Crippen LogP contribution in [0, 0.1) is 5.92 Å². The molecular weight excluding hydrogens is 198 g/mol. The molecule has 94 valence electrons. The minimum absolute atomic E-state index is 0.808. The zero-order valence-corrected chi connectivity index (χ0v) is 10.5. The Hall–Kier alpha value is -0.120. The van der Waals surface area contributed by atoms with E-state index in [1.165, 1.54) is 64.8 Å². The van der Waals surface area contributed by atoms with Crippen LogP contribution in [0.3, 0.4) is 0 Å². The van der Waals surface area contributed by atoms with E-state index in [0.717, 1.165) is 19.0 Å². The number of nitrogens with two attached hydrogens (primary N) is 1. The van der Waals surface area contributed by atoms with Crippen LogP contribution >= 0.6 is 0 Å². The summed E-state index contributed by atoms with van der Waals surface area (Å²) in [6.07, 6.45) is 7.22. The van der Waals surface area contributed by atoms with Crippen molar-refractivity contribution in [2.45, 2.75) is 32.1 Å². The van der Waals surface area contributed by atoms with Crippen molar-refractivity contribution in [1.29, 1.82) is 0 Å². The van der Waals surface area contributed by atoms with Gasteiger partial charge in [0.25, 0.3) is 0 Å². The van der Waals surface area contributed by atoms with Crippen LogP contribution < -0.4 is 5.73 Å². The highest BCUT2D eigenvalue weighted by atomic mass is 15.2. The van der Waals surface area contributed by atoms with Crippen molar-refractivity contribution >= 4 is 0 Å². The average molecular weight is 225 g/mol. The first-order valence-corrected chi connectivity index (χ1v) is 7.03. The molecule has 0 bridgehead atoms. The summed E-state index contributed by atoms with van der Waals surface area (Å²) < 4.78 is 0. The maximum Gasteiger partial charge on any atom is 0.0110 e. The van der Waals surface area contributed by atoms with Crippen molar-refractivity contribution in [3.63, 3.8) is 0 Å². The van der Waals surface area contributed by atoms with Gasteiger partial charge in [-0.25, -0.2) is 0 Å². The smallest absolute Gasteiger partial charge is 0.0110 e. The molecule has 16 heavy (non-hydrogen) atoms. The molecule has 2 aliphatic rings. The van der Waals surface area contributed by atoms with Gasteiger partial charge in [-0.3, -0.25) is 0 Å². The molecule has 1 heterocycles. The first kappa shape index (κ1) is 12.3. The van der Waals surface area contributed by atoms with Gasteiger partial charge in [0.05, 0.1) is 0 Å². The van der Waals surface area contributed by atoms with Crippen molar-refractivity contribution in [1.82, 2.24) is 9.80 Å². The fourth-order valence-corrected chi connectivity index (χ4v) is 3.17. The molecule has 1 saturated heterocycles. The maximum atomic E-state index is 5.62. The molecule has 1 saturated carbocycles. The standard InChI is InChI=1S/C13H27N3/c14-6-9-15-7-3-8-16(11-10-15)12-13-4-1-2-5-13/h13H,1-12,14H2. The Balaban J connectivity index is 1.70. The van der Waals surface area contributed by atoms with Crippen molar-refractivity contribution in [2.75, 3.05) is 45.8 Å². The molecule has 0 aromatic carbocycles.